The molecule has 4 aliphatic heterocycles. The highest BCUT2D eigenvalue weighted by Crippen LogP contribution is 2.49. The second-order valence-corrected chi connectivity index (χ2v) is 17.0. The Kier molecular flexibility index (Phi) is 12.7. The van der Waals surface area contributed by atoms with Crippen LogP contribution in [0.2, 0.25) is 0 Å². The topological polar surface area (TPSA) is 200 Å². The summed E-state index contributed by atoms with van der Waals surface area (Å²) in [5.74, 6) is -6.84. The fraction of sp³-hybridized carbons (Fsp3) is 0.419. The van der Waals surface area contributed by atoms with E-state index in [0.29, 0.717) is 9.37 Å². The summed E-state index contributed by atoms with van der Waals surface area (Å²) in [5, 5.41) is 36.9. The first-order valence-corrected chi connectivity index (χ1v) is 20.9. The zero-order valence-electron chi connectivity index (χ0n) is 34.0. The number of methoxy groups -OCH3 is 1. The first kappa shape index (κ1) is 43.8. The van der Waals surface area contributed by atoms with Crippen molar-refractivity contribution in [2.24, 2.45) is 22.7 Å². The quantitative estimate of drug-likeness (QED) is 0.191. The highest BCUT2D eigenvalue weighted by atomic mass is 79.9. The number of Topliss-reactive ketones (excluding diaryl/α,β-unsaturated/α-hetero) is 2. The number of allylic oxidation sites excluding steroid dienone is 4. The number of amides is 1. The summed E-state index contributed by atoms with van der Waals surface area (Å²) in [6.07, 6.45) is 6.63. The molecule has 0 radical (unpaired) electrons. The van der Waals surface area contributed by atoms with Crippen LogP contribution in [0.5, 0.6) is 17.2 Å². The maximum Gasteiger partial charge on any atom is 0.312 e. The summed E-state index contributed by atoms with van der Waals surface area (Å²) in [4.78, 5) is 60.3. The summed E-state index contributed by atoms with van der Waals surface area (Å²) in [6.45, 7) is 11.2. The Labute approximate surface area is 354 Å². The van der Waals surface area contributed by atoms with Crippen molar-refractivity contribution in [3.8, 4) is 17.2 Å². The molecule has 1 fully saturated rings. The van der Waals surface area contributed by atoms with E-state index in [1.165, 1.54) is 64.1 Å². The molecule has 9 atom stereocenters. The van der Waals surface area contributed by atoms with Crippen LogP contribution in [0.1, 0.15) is 73.4 Å². The number of halogens is 1. The molecule has 59 heavy (non-hydrogen) atoms. The van der Waals surface area contributed by atoms with E-state index in [2.05, 4.69) is 21.2 Å². The minimum atomic E-state index is -2.04. The molecule has 0 aromatic heterocycles. The van der Waals surface area contributed by atoms with Crippen LogP contribution >= 0.6 is 27.7 Å². The predicted molar refractivity (Wildman–Crippen MR) is 222 cm³/mol. The lowest BCUT2D eigenvalue weighted by atomic mass is 9.83. The van der Waals surface area contributed by atoms with Gasteiger partial charge >= 0.3 is 11.8 Å². The third-order valence-electron chi connectivity index (χ3n) is 11.2. The van der Waals surface area contributed by atoms with Crippen LogP contribution < -0.4 is 10.1 Å². The Morgan fingerprint density at radius 1 is 1.03 bits per heavy atom. The molecule has 4 N–H and O–H groups in total. The van der Waals surface area contributed by atoms with Crippen molar-refractivity contribution in [2.75, 3.05) is 13.4 Å². The average molecular weight is 896 g/mol. The summed E-state index contributed by atoms with van der Waals surface area (Å²) in [5.41, 5.74) is -0.397. The monoisotopic (exact) mass is 894 g/mol. The van der Waals surface area contributed by atoms with Crippen LogP contribution in [-0.4, -0.2) is 94.1 Å². The molecular formula is C43H47BrN2O12S. The fourth-order valence-electron chi connectivity index (χ4n) is 7.85. The Hall–Kier alpha value is -4.74. The van der Waals surface area contributed by atoms with Gasteiger partial charge in [-0.2, -0.15) is 0 Å². The molecule has 2 aromatic carbocycles. The van der Waals surface area contributed by atoms with E-state index in [0.717, 1.165) is 0 Å². The zero-order valence-corrected chi connectivity index (χ0v) is 36.4. The summed E-state index contributed by atoms with van der Waals surface area (Å²) in [7, 11) is 1.45. The number of ketones is 2. The summed E-state index contributed by atoms with van der Waals surface area (Å²) >= 11 is 4.67. The maximum absolute atomic E-state index is 14.6. The molecule has 5 aliphatic rings. The van der Waals surface area contributed by atoms with Crippen LogP contribution in [0.3, 0.4) is 0 Å². The predicted octanol–water partition coefficient (Wildman–Crippen LogP) is 6.53. The largest absolute Gasteiger partial charge is 0.507 e. The number of benzene rings is 2. The Morgan fingerprint density at radius 2 is 1.75 bits per heavy atom. The number of ether oxygens (including phenoxy) is 5. The number of nitrogens with one attached hydrogen (secondary N) is 1. The first-order valence-electron chi connectivity index (χ1n) is 18.9. The number of fused-ring (bicyclic) bond motifs is 9. The van der Waals surface area contributed by atoms with Crippen molar-refractivity contribution in [1.82, 2.24) is 5.32 Å². The smallest absolute Gasteiger partial charge is 0.312 e. The lowest BCUT2D eigenvalue weighted by Crippen LogP contribution is -2.46. The van der Waals surface area contributed by atoms with E-state index >= 15 is 0 Å². The van der Waals surface area contributed by atoms with Gasteiger partial charge in [0.2, 0.25) is 5.78 Å². The number of nitrogens with zero attached hydrogens (tertiary/aromatic N) is 1. The number of thioether (sulfide) groups is 1. The van der Waals surface area contributed by atoms with Crippen LogP contribution in [0.15, 0.2) is 74.4 Å². The number of esters is 1. The molecule has 1 amide bonds. The number of aliphatic imine (C=N–C) groups is 1. The SMILES string of the molecule is CO[C@H]1/C=C/O[C@@]2(C)Oc3c(C)c(O)c4c(c3C2=O)/C(=N/c2c(O)cc(Br)cc2SC)C=C(NC(=O)/C(C)=C\C=C\[C@H](C)[C@@H]2O[C@H]([C@H](O)[C@@H]2C)[C@H](OC(C)=O)[C@@H]1C)C4=O. The standard InChI is InChI=1S/C43H47BrN2O12S/c1-18-11-10-12-19(2)42(53)46-26-17-25(45-33-27(48)15-24(44)16-29(33)59-9)30-31(36(26)51)34(49)21(4)38-32(30)41(52)43(7,58-38)55-14-13-28(54-8)20(3)39(56-23(6)47)40-35(50)22(5)37(18)57-40/h10-18,20,22,28,35,37,39-40,48-50H,1-9H3,(H,46,53)/b11-10+,14-13+,19-12-,45-25+/t18-,20+,22-,28-,35+,37-,39+,40+,43-/m0/s1. The van der Waals surface area contributed by atoms with Crippen molar-refractivity contribution in [3.63, 3.8) is 0 Å². The van der Waals surface area contributed by atoms with Gasteiger partial charge in [0.25, 0.3) is 11.7 Å². The molecule has 314 valence electrons. The normalized spacial score (nSPS) is 32.2. The van der Waals surface area contributed by atoms with Crippen molar-refractivity contribution in [2.45, 2.75) is 89.7 Å². The average Bonchev–Trinajstić information content (AvgIpc) is 3.63. The number of hydrogen-bond donors (Lipinski definition) is 4. The number of hydrogen-bond acceptors (Lipinski definition) is 14. The van der Waals surface area contributed by atoms with E-state index in [4.69, 9.17) is 28.7 Å². The number of phenols is 2. The van der Waals surface area contributed by atoms with Crippen LogP contribution in [0, 0.1) is 24.7 Å². The molecule has 16 heteroatoms. The third kappa shape index (κ3) is 8.12. The third-order valence-corrected chi connectivity index (χ3v) is 12.4. The van der Waals surface area contributed by atoms with Gasteiger partial charge in [-0.05, 0) is 44.4 Å². The number of phenolic OH excluding ortho intramolecular Hbond substituents is 2. The molecule has 0 spiro atoms. The Balaban J connectivity index is 1.54. The number of rotatable bonds is 4. The van der Waals surface area contributed by atoms with Crippen molar-refractivity contribution >= 4 is 62.5 Å². The minimum absolute atomic E-state index is 0.0315. The van der Waals surface area contributed by atoms with E-state index in [-0.39, 0.29) is 68.3 Å². The van der Waals surface area contributed by atoms with Crippen LogP contribution in [0.4, 0.5) is 5.69 Å². The van der Waals surface area contributed by atoms with E-state index in [9.17, 15) is 34.5 Å². The Morgan fingerprint density at radius 3 is 2.41 bits per heavy atom. The highest BCUT2D eigenvalue weighted by Gasteiger charge is 2.52. The van der Waals surface area contributed by atoms with Gasteiger partial charge in [0.05, 0.1) is 47.1 Å². The molecule has 4 heterocycles. The van der Waals surface area contributed by atoms with Crippen molar-refractivity contribution < 1.29 is 58.2 Å². The molecule has 0 unspecified atom stereocenters. The van der Waals surface area contributed by atoms with Crippen molar-refractivity contribution in [3.05, 3.63) is 86.8 Å². The molecule has 1 saturated heterocycles. The molecule has 7 rings (SSSR count). The van der Waals surface area contributed by atoms with Crippen LogP contribution in [0.25, 0.3) is 0 Å². The molecule has 0 saturated carbocycles. The second-order valence-electron chi connectivity index (χ2n) is 15.2. The van der Waals surface area contributed by atoms with Gasteiger partial charge < -0.3 is 44.3 Å². The lowest BCUT2D eigenvalue weighted by molar-refractivity contribution is -0.168. The van der Waals surface area contributed by atoms with E-state index in [1.54, 1.807) is 38.3 Å². The van der Waals surface area contributed by atoms with Gasteiger partial charge in [0.1, 0.15) is 35.1 Å². The first-order chi connectivity index (χ1) is 27.8. The molecular weight excluding hydrogens is 848 g/mol. The highest BCUT2D eigenvalue weighted by molar-refractivity contribution is 9.10. The Bertz CT molecular complexity index is 2270. The van der Waals surface area contributed by atoms with E-state index in [1.807, 2.05) is 19.9 Å². The number of carbonyl (C=O) groups excluding carboxylic acids is 4. The number of carbonyl (C=O) groups is 4. The summed E-state index contributed by atoms with van der Waals surface area (Å²) < 4.78 is 30.8. The molecule has 1 aliphatic carbocycles. The van der Waals surface area contributed by atoms with Crippen LogP contribution in [-0.2, 0) is 28.5 Å². The van der Waals surface area contributed by atoms with Gasteiger partial charge in [0, 0.05) is 64.8 Å². The molecule has 14 nitrogen and oxygen atoms in total. The van der Waals surface area contributed by atoms with Crippen molar-refractivity contribution in [1.29, 1.82) is 0 Å². The minimum Gasteiger partial charge on any atom is -0.507 e. The zero-order chi connectivity index (χ0) is 43.2. The molecule has 2 aromatic rings. The fourth-order valence-corrected chi connectivity index (χ4v) is 9.03. The lowest BCUT2D eigenvalue weighted by Gasteiger charge is -2.33. The van der Waals surface area contributed by atoms with Gasteiger partial charge in [-0.3, -0.25) is 19.2 Å². The van der Waals surface area contributed by atoms with Gasteiger partial charge in [-0.15, -0.1) is 11.8 Å². The molecule has 7 bridgehead atoms. The number of aliphatic hydroxyl groups is 1. The number of aliphatic hydroxyl groups excluding tert-OH is 1. The van der Waals surface area contributed by atoms with Gasteiger partial charge in [0.15, 0.2) is 0 Å². The van der Waals surface area contributed by atoms with Gasteiger partial charge in [-0.25, -0.2) is 4.99 Å². The summed E-state index contributed by atoms with van der Waals surface area (Å²) in [6, 6.07) is 3.18. The maximum atomic E-state index is 14.6. The van der Waals surface area contributed by atoms with E-state index < -0.39 is 71.4 Å². The van der Waals surface area contributed by atoms with Gasteiger partial charge in [-0.1, -0.05) is 54.9 Å². The number of aromatic hydroxyl groups is 2. The second kappa shape index (κ2) is 17.1.